The fourth-order valence-electron chi connectivity index (χ4n) is 5.43. The van der Waals surface area contributed by atoms with E-state index in [4.69, 9.17) is 20.9 Å². The summed E-state index contributed by atoms with van der Waals surface area (Å²) < 4.78 is 11.0. The Labute approximate surface area is 172 Å². The fraction of sp³-hybridized carbons (Fsp3) is 0.600. The first kappa shape index (κ1) is 19.6. The second-order valence-corrected chi connectivity index (χ2v) is 8.24. The summed E-state index contributed by atoms with van der Waals surface area (Å²) in [5, 5.41) is 0. The minimum atomic E-state index is -0.293. The molecule has 10 nitrogen and oxygen atoms in total. The van der Waals surface area contributed by atoms with Gasteiger partial charge in [0.05, 0.1) is 48.1 Å². The van der Waals surface area contributed by atoms with E-state index in [1.54, 1.807) is 0 Å². The van der Waals surface area contributed by atoms with Crippen LogP contribution in [-0.4, -0.2) is 84.0 Å². The standard InChI is InChI=1S/2C10H12N2O3/c2*11-3-4-12-9(13)7-5-1-2-6(15-5)8(7)10(12)14/h2*1-2,5-8H,3-4,11H2/t2*5-,6+,7-,8+. The zero-order valence-electron chi connectivity index (χ0n) is 16.3. The molecule has 10 heteroatoms. The Morgan fingerprint density at radius 3 is 1.10 bits per heavy atom. The van der Waals surface area contributed by atoms with Gasteiger partial charge in [0.2, 0.25) is 23.6 Å². The molecule has 4 saturated heterocycles. The average Bonchev–Trinajstić information content (AvgIpc) is 3.56. The van der Waals surface area contributed by atoms with Crippen molar-refractivity contribution in [2.45, 2.75) is 24.4 Å². The second-order valence-electron chi connectivity index (χ2n) is 8.24. The minimum Gasteiger partial charge on any atom is -0.365 e. The van der Waals surface area contributed by atoms with Crippen molar-refractivity contribution in [2.75, 3.05) is 26.2 Å². The van der Waals surface area contributed by atoms with Crippen LogP contribution in [0.15, 0.2) is 24.3 Å². The molecular formula is C20H24N4O6. The van der Waals surface area contributed by atoms with E-state index in [-0.39, 0.29) is 71.7 Å². The van der Waals surface area contributed by atoms with Crippen molar-refractivity contribution in [1.29, 1.82) is 0 Å². The Bertz CT molecular complexity index is 741. The zero-order valence-corrected chi connectivity index (χ0v) is 16.3. The maximum Gasteiger partial charge on any atom is 0.236 e. The van der Waals surface area contributed by atoms with Gasteiger partial charge in [0, 0.05) is 26.2 Å². The lowest BCUT2D eigenvalue weighted by Crippen LogP contribution is -2.37. The largest absolute Gasteiger partial charge is 0.365 e. The van der Waals surface area contributed by atoms with Gasteiger partial charge in [-0.25, -0.2) is 0 Å². The van der Waals surface area contributed by atoms with Crippen molar-refractivity contribution in [2.24, 2.45) is 35.1 Å². The molecule has 4 bridgehead atoms. The summed E-state index contributed by atoms with van der Waals surface area (Å²) in [4.78, 5) is 50.2. The van der Waals surface area contributed by atoms with E-state index in [0.29, 0.717) is 26.2 Å². The number of fused-ring (bicyclic) bond motifs is 10. The zero-order chi connectivity index (χ0) is 21.2. The third-order valence-corrected chi connectivity index (χ3v) is 6.71. The van der Waals surface area contributed by atoms with E-state index >= 15 is 0 Å². The van der Waals surface area contributed by atoms with Crippen molar-refractivity contribution in [1.82, 2.24) is 9.80 Å². The Kier molecular flexibility index (Phi) is 4.62. The predicted molar refractivity (Wildman–Crippen MR) is 101 cm³/mol. The minimum absolute atomic E-state index is 0.118. The summed E-state index contributed by atoms with van der Waals surface area (Å²) in [6.07, 6.45) is 6.73. The lowest BCUT2D eigenvalue weighted by atomic mass is 9.85. The number of carbonyl (C=O) groups is 4. The van der Waals surface area contributed by atoms with Gasteiger partial charge < -0.3 is 20.9 Å². The summed E-state index contributed by atoms with van der Waals surface area (Å²) in [7, 11) is 0. The van der Waals surface area contributed by atoms with Crippen LogP contribution in [0.2, 0.25) is 0 Å². The summed E-state index contributed by atoms with van der Waals surface area (Å²) in [5.74, 6) is -1.64. The molecule has 30 heavy (non-hydrogen) atoms. The number of amides is 4. The maximum atomic E-state index is 11.9. The summed E-state index contributed by atoms with van der Waals surface area (Å²) >= 11 is 0. The lowest BCUT2D eigenvalue weighted by molar-refractivity contribution is -0.143. The molecule has 8 atom stereocenters. The highest BCUT2D eigenvalue weighted by Gasteiger charge is 2.61. The van der Waals surface area contributed by atoms with E-state index in [9.17, 15) is 19.2 Å². The number of ether oxygens (including phenoxy) is 2. The molecule has 6 aliphatic rings. The fourth-order valence-corrected chi connectivity index (χ4v) is 5.43. The second kappa shape index (κ2) is 7.09. The van der Waals surface area contributed by atoms with Gasteiger partial charge in [-0.2, -0.15) is 0 Å². The number of hydrogen-bond donors (Lipinski definition) is 2. The third kappa shape index (κ3) is 2.57. The number of nitrogens with zero attached hydrogens (tertiary/aromatic N) is 2. The summed E-state index contributed by atoms with van der Waals surface area (Å²) in [6, 6.07) is 0. The van der Waals surface area contributed by atoms with Crippen LogP contribution in [0.3, 0.4) is 0 Å². The highest BCUT2D eigenvalue weighted by molar-refractivity contribution is 6.07. The van der Waals surface area contributed by atoms with Crippen LogP contribution in [0.1, 0.15) is 0 Å². The van der Waals surface area contributed by atoms with E-state index in [1.807, 2.05) is 24.3 Å². The van der Waals surface area contributed by atoms with Crippen LogP contribution < -0.4 is 11.5 Å². The molecule has 0 aromatic carbocycles. The molecule has 4 N–H and O–H groups in total. The van der Waals surface area contributed by atoms with Gasteiger partial charge in [0.25, 0.3) is 0 Å². The van der Waals surface area contributed by atoms with Crippen molar-refractivity contribution < 1.29 is 28.7 Å². The van der Waals surface area contributed by atoms with E-state index in [0.717, 1.165) is 0 Å². The monoisotopic (exact) mass is 416 g/mol. The molecule has 4 amide bonds. The van der Waals surface area contributed by atoms with Gasteiger partial charge in [-0.05, 0) is 0 Å². The first-order valence-electron chi connectivity index (χ1n) is 10.3. The van der Waals surface area contributed by atoms with E-state index < -0.39 is 0 Å². The normalized spacial score (nSPS) is 41.8. The molecule has 160 valence electrons. The summed E-state index contributed by atoms with van der Waals surface area (Å²) in [5.41, 5.74) is 10.8. The Hall–Kier alpha value is -2.40. The van der Waals surface area contributed by atoms with Crippen molar-refractivity contribution in [3.05, 3.63) is 24.3 Å². The van der Waals surface area contributed by atoms with E-state index in [2.05, 4.69) is 0 Å². The highest BCUT2D eigenvalue weighted by Crippen LogP contribution is 2.45. The van der Waals surface area contributed by atoms with Crippen LogP contribution in [0.25, 0.3) is 0 Å². The van der Waals surface area contributed by atoms with Gasteiger partial charge in [0.1, 0.15) is 0 Å². The smallest absolute Gasteiger partial charge is 0.236 e. The van der Waals surface area contributed by atoms with Gasteiger partial charge in [-0.1, -0.05) is 24.3 Å². The quantitative estimate of drug-likeness (QED) is 0.387. The van der Waals surface area contributed by atoms with Crippen molar-refractivity contribution in [3.8, 4) is 0 Å². The Morgan fingerprint density at radius 2 is 0.867 bits per heavy atom. The number of hydrogen-bond acceptors (Lipinski definition) is 8. The van der Waals surface area contributed by atoms with Gasteiger partial charge in [-0.3, -0.25) is 29.0 Å². The van der Waals surface area contributed by atoms with Gasteiger partial charge >= 0.3 is 0 Å². The molecule has 0 aromatic heterocycles. The molecular weight excluding hydrogens is 392 g/mol. The predicted octanol–water partition coefficient (Wildman–Crippen LogP) is -2.23. The Balaban J connectivity index is 0.000000128. The van der Waals surface area contributed by atoms with Crippen LogP contribution in [0, 0.1) is 23.7 Å². The van der Waals surface area contributed by atoms with Gasteiger partial charge in [-0.15, -0.1) is 0 Å². The molecule has 6 aliphatic heterocycles. The molecule has 0 aromatic rings. The number of carbonyl (C=O) groups excluding carboxylic acids is 4. The van der Waals surface area contributed by atoms with Crippen molar-refractivity contribution >= 4 is 23.6 Å². The molecule has 0 saturated carbocycles. The number of likely N-dealkylation sites (tertiary alicyclic amines) is 2. The first-order valence-corrected chi connectivity index (χ1v) is 10.3. The topological polar surface area (TPSA) is 145 Å². The lowest BCUT2D eigenvalue weighted by Gasteiger charge is -2.15. The number of imide groups is 2. The Morgan fingerprint density at radius 1 is 0.600 bits per heavy atom. The summed E-state index contributed by atoms with van der Waals surface area (Å²) in [6.45, 7) is 1.29. The molecule has 6 rings (SSSR count). The third-order valence-electron chi connectivity index (χ3n) is 6.71. The first-order chi connectivity index (χ1) is 14.5. The van der Waals surface area contributed by atoms with Crippen LogP contribution in [0.4, 0.5) is 0 Å². The molecule has 0 radical (unpaired) electrons. The van der Waals surface area contributed by atoms with Crippen molar-refractivity contribution in [3.63, 3.8) is 0 Å². The molecule has 0 unspecified atom stereocenters. The SMILES string of the molecule is NCCN1C(=O)[C@@H]2[C@H](C1=O)[C@H]1C=C[C@@H]2O1.NCCN1C(=O)[C@@H]2[C@H](C1=O)[C@H]1C=C[C@@H]2O1. The molecule has 0 spiro atoms. The highest BCUT2D eigenvalue weighted by atomic mass is 16.5. The van der Waals surface area contributed by atoms with Gasteiger partial charge in [0.15, 0.2) is 0 Å². The van der Waals surface area contributed by atoms with E-state index in [1.165, 1.54) is 9.80 Å². The van der Waals surface area contributed by atoms with Crippen LogP contribution >= 0.6 is 0 Å². The molecule has 4 fully saturated rings. The number of nitrogens with two attached hydrogens (primary N) is 2. The number of rotatable bonds is 4. The maximum absolute atomic E-state index is 11.9. The molecule has 0 aliphatic carbocycles. The van der Waals surface area contributed by atoms with Crippen LogP contribution in [-0.2, 0) is 28.7 Å². The van der Waals surface area contributed by atoms with Crippen LogP contribution in [0.5, 0.6) is 0 Å². The average molecular weight is 416 g/mol. The molecule has 6 heterocycles.